The molecule has 0 spiro atoms. The van der Waals surface area contributed by atoms with Gasteiger partial charge in [-0.2, -0.15) is 5.10 Å². The smallest absolute Gasteiger partial charge is 0.271 e. The summed E-state index contributed by atoms with van der Waals surface area (Å²) in [5, 5.41) is 7.08. The Labute approximate surface area is 215 Å². The number of nitrogens with zero attached hydrogens (tertiary/aromatic N) is 1. The Morgan fingerprint density at radius 2 is 1.83 bits per heavy atom. The molecule has 0 aliphatic carbocycles. The second-order valence-electron chi connectivity index (χ2n) is 7.78. The average Bonchev–Trinajstić information content (AvgIpc) is 2.86. The van der Waals surface area contributed by atoms with Crippen molar-refractivity contribution in [2.75, 3.05) is 25.6 Å². The van der Waals surface area contributed by atoms with Gasteiger partial charge in [0.05, 0.1) is 25.0 Å². The van der Waals surface area contributed by atoms with Gasteiger partial charge in [0.15, 0.2) is 18.1 Å². The molecule has 0 aliphatic heterocycles. The van der Waals surface area contributed by atoms with Gasteiger partial charge in [0.25, 0.3) is 11.8 Å². The fourth-order valence-electron chi connectivity index (χ4n) is 3.27. The Bertz CT molecular complexity index is 1280. The summed E-state index contributed by atoms with van der Waals surface area (Å²) in [7, 11) is 1.53. The molecular formula is C27H28ClN3O5. The van der Waals surface area contributed by atoms with Crippen LogP contribution >= 0.6 is 11.6 Å². The van der Waals surface area contributed by atoms with Crippen LogP contribution < -0.4 is 25.0 Å². The standard InChI is InChI=1S/C27H28ClN3O5/c1-5-35-24-13-19(15-29-31-27(33)20-9-7-10-21(14-20)34-4)12-22(28)26(24)36-16-25(32)30-23-11-6-8-17(2)18(23)3/h6-15H,5,16H2,1-4H3,(H,30,32)(H,31,33)/b29-15+. The van der Waals surface area contributed by atoms with Gasteiger partial charge in [0.1, 0.15) is 5.75 Å². The third-order valence-corrected chi connectivity index (χ3v) is 5.55. The number of hydrazone groups is 1. The van der Waals surface area contributed by atoms with Gasteiger partial charge in [0.2, 0.25) is 0 Å². The maximum absolute atomic E-state index is 12.5. The van der Waals surface area contributed by atoms with Crippen molar-refractivity contribution in [1.29, 1.82) is 0 Å². The van der Waals surface area contributed by atoms with E-state index in [0.717, 1.165) is 16.8 Å². The SMILES string of the molecule is CCOc1cc(/C=N/NC(=O)c2cccc(OC)c2)cc(Cl)c1OCC(=O)Nc1cccc(C)c1C. The Morgan fingerprint density at radius 3 is 2.58 bits per heavy atom. The minimum atomic E-state index is -0.393. The van der Waals surface area contributed by atoms with Crippen molar-refractivity contribution in [2.45, 2.75) is 20.8 Å². The molecule has 3 aromatic carbocycles. The quantitative estimate of drug-likeness (QED) is 0.291. The molecule has 0 saturated carbocycles. The van der Waals surface area contributed by atoms with E-state index in [1.807, 2.05) is 39.0 Å². The predicted molar refractivity (Wildman–Crippen MR) is 141 cm³/mol. The number of benzene rings is 3. The molecule has 0 radical (unpaired) electrons. The lowest BCUT2D eigenvalue weighted by Gasteiger charge is -2.15. The first kappa shape index (κ1) is 26.6. The Morgan fingerprint density at radius 1 is 1.06 bits per heavy atom. The fourth-order valence-corrected chi connectivity index (χ4v) is 3.54. The van der Waals surface area contributed by atoms with Crippen LogP contribution in [-0.2, 0) is 4.79 Å². The highest BCUT2D eigenvalue weighted by Gasteiger charge is 2.15. The molecule has 0 aliphatic rings. The van der Waals surface area contributed by atoms with Crippen LogP contribution in [0.1, 0.15) is 34.0 Å². The van der Waals surface area contributed by atoms with Crippen LogP contribution in [0.25, 0.3) is 0 Å². The number of halogens is 1. The number of aryl methyl sites for hydroxylation is 1. The van der Waals surface area contributed by atoms with Crippen molar-refractivity contribution in [1.82, 2.24) is 5.43 Å². The zero-order valence-electron chi connectivity index (χ0n) is 20.6. The summed E-state index contributed by atoms with van der Waals surface area (Å²) in [5.74, 6) is 0.444. The van der Waals surface area contributed by atoms with Crippen LogP contribution in [0.4, 0.5) is 5.69 Å². The summed E-state index contributed by atoms with van der Waals surface area (Å²) in [6, 6.07) is 15.7. The van der Waals surface area contributed by atoms with Gasteiger partial charge in [-0.25, -0.2) is 5.43 Å². The van der Waals surface area contributed by atoms with E-state index in [-0.39, 0.29) is 23.3 Å². The lowest BCUT2D eigenvalue weighted by Crippen LogP contribution is -2.21. The van der Waals surface area contributed by atoms with E-state index in [2.05, 4.69) is 15.8 Å². The van der Waals surface area contributed by atoms with Gasteiger partial charge in [0, 0.05) is 11.3 Å². The summed E-state index contributed by atoms with van der Waals surface area (Å²) in [5.41, 5.74) is 6.23. The lowest BCUT2D eigenvalue weighted by molar-refractivity contribution is -0.118. The summed E-state index contributed by atoms with van der Waals surface area (Å²) in [4.78, 5) is 24.8. The van der Waals surface area contributed by atoms with Crippen molar-refractivity contribution in [3.63, 3.8) is 0 Å². The number of methoxy groups -OCH3 is 1. The highest BCUT2D eigenvalue weighted by Crippen LogP contribution is 2.36. The topological polar surface area (TPSA) is 98.2 Å². The Kier molecular flexibility index (Phi) is 9.30. The van der Waals surface area contributed by atoms with Crippen molar-refractivity contribution in [3.05, 3.63) is 81.9 Å². The van der Waals surface area contributed by atoms with Crippen LogP contribution in [0.5, 0.6) is 17.2 Å². The lowest BCUT2D eigenvalue weighted by atomic mass is 10.1. The van der Waals surface area contributed by atoms with Crippen molar-refractivity contribution in [2.24, 2.45) is 5.10 Å². The number of carbonyl (C=O) groups excluding carboxylic acids is 2. The van der Waals surface area contributed by atoms with Gasteiger partial charge < -0.3 is 19.5 Å². The number of hydrogen-bond donors (Lipinski definition) is 2. The van der Waals surface area contributed by atoms with E-state index >= 15 is 0 Å². The molecule has 0 fully saturated rings. The third kappa shape index (κ3) is 6.99. The van der Waals surface area contributed by atoms with Crippen molar-refractivity contribution < 1.29 is 23.8 Å². The zero-order chi connectivity index (χ0) is 26.1. The van der Waals surface area contributed by atoms with Crippen molar-refractivity contribution in [3.8, 4) is 17.2 Å². The molecule has 0 aromatic heterocycles. The number of nitrogens with one attached hydrogen (secondary N) is 2. The molecule has 0 bridgehead atoms. The van der Waals surface area contributed by atoms with Gasteiger partial charge in [-0.1, -0.05) is 29.8 Å². The Balaban J connectivity index is 1.67. The highest BCUT2D eigenvalue weighted by atomic mass is 35.5. The monoisotopic (exact) mass is 509 g/mol. The number of hydrogen-bond acceptors (Lipinski definition) is 6. The molecule has 0 unspecified atom stereocenters. The second-order valence-corrected chi connectivity index (χ2v) is 8.19. The maximum atomic E-state index is 12.5. The molecule has 8 nitrogen and oxygen atoms in total. The summed E-state index contributed by atoms with van der Waals surface area (Å²) in [6.07, 6.45) is 1.43. The van der Waals surface area contributed by atoms with Crippen LogP contribution in [0.2, 0.25) is 5.02 Å². The second kappa shape index (κ2) is 12.6. The van der Waals surface area contributed by atoms with Gasteiger partial charge >= 0.3 is 0 Å². The van der Waals surface area contributed by atoms with Crippen molar-refractivity contribution >= 4 is 35.3 Å². The summed E-state index contributed by atoms with van der Waals surface area (Å²) >= 11 is 6.43. The molecule has 3 rings (SSSR count). The fraction of sp³-hybridized carbons (Fsp3) is 0.222. The van der Waals surface area contributed by atoms with Crippen LogP contribution in [0.15, 0.2) is 59.7 Å². The highest BCUT2D eigenvalue weighted by molar-refractivity contribution is 6.32. The van der Waals surface area contributed by atoms with Gasteiger partial charge in [-0.3, -0.25) is 9.59 Å². The van der Waals surface area contributed by atoms with Gasteiger partial charge in [-0.15, -0.1) is 0 Å². The molecule has 2 amide bonds. The first-order valence-electron chi connectivity index (χ1n) is 11.2. The van der Waals surface area contributed by atoms with E-state index in [1.54, 1.807) is 36.4 Å². The molecule has 9 heteroatoms. The average molecular weight is 510 g/mol. The van der Waals surface area contributed by atoms with E-state index in [4.69, 9.17) is 25.8 Å². The largest absolute Gasteiger partial charge is 0.497 e. The zero-order valence-corrected chi connectivity index (χ0v) is 21.3. The van der Waals surface area contributed by atoms with Crippen LogP contribution in [0.3, 0.4) is 0 Å². The predicted octanol–water partition coefficient (Wildman–Crippen LogP) is 5.15. The van der Waals surface area contributed by atoms with E-state index in [0.29, 0.717) is 29.2 Å². The van der Waals surface area contributed by atoms with Crippen LogP contribution in [0, 0.1) is 13.8 Å². The molecule has 0 atom stereocenters. The van der Waals surface area contributed by atoms with Gasteiger partial charge in [-0.05, 0) is 73.9 Å². The van der Waals surface area contributed by atoms with E-state index in [9.17, 15) is 9.59 Å². The molecule has 0 heterocycles. The number of ether oxygens (including phenoxy) is 3. The summed E-state index contributed by atoms with van der Waals surface area (Å²) in [6.45, 7) is 5.84. The number of anilines is 1. The molecular weight excluding hydrogens is 482 g/mol. The van der Waals surface area contributed by atoms with E-state index < -0.39 is 5.91 Å². The Hall–Kier alpha value is -4.04. The minimum Gasteiger partial charge on any atom is -0.497 e. The number of carbonyl (C=O) groups is 2. The summed E-state index contributed by atoms with van der Waals surface area (Å²) < 4.78 is 16.5. The first-order chi connectivity index (χ1) is 17.3. The minimum absolute atomic E-state index is 0.237. The molecule has 36 heavy (non-hydrogen) atoms. The maximum Gasteiger partial charge on any atom is 0.271 e. The molecule has 188 valence electrons. The first-order valence-corrected chi connectivity index (χ1v) is 11.6. The third-order valence-electron chi connectivity index (χ3n) is 5.27. The van der Waals surface area contributed by atoms with E-state index in [1.165, 1.54) is 13.3 Å². The number of rotatable bonds is 10. The molecule has 2 N–H and O–H groups in total. The number of amides is 2. The normalized spacial score (nSPS) is 10.7. The molecule has 0 saturated heterocycles. The molecule has 3 aromatic rings. The van der Waals surface area contributed by atoms with Crippen LogP contribution in [-0.4, -0.2) is 38.4 Å².